The molecule has 1 rings (SSSR count). The molecule has 0 unspecified atom stereocenters. The molecule has 0 radical (unpaired) electrons. The third kappa shape index (κ3) is 7.85. The molecule has 0 saturated carbocycles. The Bertz CT molecular complexity index is 524. The molecule has 0 spiro atoms. The van der Waals surface area contributed by atoms with Gasteiger partial charge in [0.05, 0.1) is 20.2 Å². The van der Waals surface area contributed by atoms with Gasteiger partial charge in [0.15, 0.2) is 5.96 Å². The van der Waals surface area contributed by atoms with Crippen molar-refractivity contribution in [1.82, 2.24) is 15.5 Å². The Morgan fingerprint density at radius 2 is 1.88 bits per heavy atom. The molecule has 24 heavy (non-hydrogen) atoms. The molecule has 0 bridgehead atoms. The molecule has 0 aromatic heterocycles. The van der Waals surface area contributed by atoms with E-state index in [1.54, 1.807) is 26.1 Å². The van der Waals surface area contributed by atoms with Gasteiger partial charge in [0.1, 0.15) is 5.75 Å². The smallest absolute Gasteiger partial charge is 0.241 e. The number of carbonyl (C=O) groups is 1. The lowest BCUT2D eigenvalue weighted by Gasteiger charge is -2.15. The molecule has 6 nitrogen and oxygen atoms in total. The number of hydrogen-bond donors (Lipinski definition) is 2. The third-order valence-corrected chi connectivity index (χ3v) is 3.50. The molecule has 0 saturated heterocycles. The van der Waals surface area contributed by atoms with Crippen molar-refractivity contribution in [1.29, 1.82) is 0 Å². The number of benzene rings is 1. The minimum Gasteiger partial charge on any atom is -0.497 e. The van der Waals surface area contributed by atoms with Gasteiger partial charge >= 0.3 is 0 Å². The molecular formula is C18H30N4O2. The van der Waals surface area contributed by atoms with E-state index in [0.29, 0.717) is 18.4 Å². The van der Waals surface area contributed by atoms with Gasteiger partial charge in [-0.3, -0.25) is 4.79 Å². The van der Waals surface area contributed by atoms with E-state index < -0.39 is 0 Å². The summed E-state index contributed by atoms with van der Waals surface area (Å²) in [6.45, 7) is 5.94. The standard InChI is InChI=1S/C18H30N4O2/c1-14(2)10-11-19-18(21-13-17(23)22(3)4)20-12-15-6-8-16(24-5)9-7-15/h6-9,14H,10-13H2,1-5H3,(H2,19,20,21). The van der Waals surface area contributed by atoms with Crippen molar-refractivity contribution in [3.8, 4) is 5.75 Å². The summed E-state index contributed by atoms with van der Waals surface area (Å²) in [5.74, 6) is 2.11. The third-order valence-electron chi connectivity index (χ3n) is 3.50. The number of ether oxygens (including phenoxy) is 1. The highest BCUT2D eigenvalue weighted by Gasteiger charge is 2.06. The lowest BCUT2D eigenvalue weighted by atomic mass is 10.1. The van der Waals surface area contributed by atoms with E-state index in [1.807, 2.05) is 24.3 Å². The van der Waals surface area contributed by atoms with Crippen molar-refractivity contribution < 1.29 is 9.53 Å². The zero-order valence-corrected chi connectivity index (χ0v) is 15.4. The van der Waals surface area contributed by atoms with Crippen LogP contribution in [0.15, 0.2) is 29.3 Å². The van der Waals surface area contributed by atoms with E-state index in [4.69, 9.17) is 4.74 Å². The first-order chi connectivity index (χ1) is 11.4. The van der Waals surface area contributed by atoms with E-state index in [0.717, 1.165) is 24.3 Å². The lowest BCUT2D eigenvalue weighted by Crippen LogP contribution is -2.43. The number of likely N-dealkylation sites (N-methyl/N-ethyl adjacent to an activating group) is 1. The van der Waals surface area contributed by atoms with Crippen LogP contribution >= 0.6 is 0 Å². The van der Waals surface area contributed by atoms with Gasteiger partial charge in [0.2, 0.25) is 5.91 Å². The number of aliphatic imine (C=N–C) groups is 1. The molecule has 134 valence electrons. The molecule has 0 aliphatic heterocycles. The van der Waals surface area contributed by atoms with Crippen LogP contribution in [0, 0.1) is 5.92 Å². The summed E-state index contributed by atoms with van der Waals surface area (Å²) >= 11 is 0. The van der Waals surface area contributed by atoms with Gasteiger partial charge in [-0.15, -0.1) is 0 Å². The summed E-state index contributed by atoms with van der Waals surface area (Å²) < 4.78 is 5.15. The number of nitrogens with zero attached hydrogens (tertiary/aromatic N) is 2. The number of amides is 1. The highest BCUT2D eigenvalue weighted by molar-refractivity contribution is 5.86. The van der Waals surface area contributed by atoms with Crippen molar-refractivity contribution in [2.75, 3.05) is 34.3 Å². The summed E-state index contributed by atoms with van der Waals surface area (Å²) in [6, 6.07) is 7.80. The summed E-state index contributed by atoms with van der Waals surface area (Å²) in [4.78, 5) is 17.9. The SMILES string of the molecule is COc1ccc(CN=C(NCCC(C)C)NCC(=O)N(C)C)cc1. The fourth-order valence-corrected chi connectivity index (χ4v) is 1.87. The first-order valence-corrected chi connectivity index (χ1v) is 8.27. The predicted molar refractivity (Wildman–Crippen MR) is 98.3 cm³/mol. The summed E-state index contributed by atoms with van der Waals surface area (Å²) in [7, 11) is 5.13. The topological polar surface area (TPSA) is 66.0 Å². The van der Waals surface area contributed by atoms with Crippen molar-refractivity contribution >= 4 is 11.9 Å². The van der Waals surface area contributed by atoms with Gasteiger partial charge in [0, 0.05) is 20.6 Å². The second kappa shape index (κ2) is 10.5. The van der Waals surface area contributed by atoms with E-state index in [1.165, 1.54) is 0 Å². The number of hydrogen-bond acceptors (Lipinski definition) is 3. The summed E-state index contributed by atoms with van der Waals surface area (Å²) in [5, 5.41) is 6.37. The first kappa shape index (κ1) is 19.8. The van der Waals surface area contributed by atoms with E-state index in [2.05, 4.69) is 29.5 Å². The molecule has 0 fully saturated rings. The maximum absolute atomic E-state index is 11.7. The molecular weight excluding hydrogens is 304 g/mol. The van der Waals surface area contributed by atoms with Crippen LogP contribution in [-0.2, 0) is 11.3 Å². The van der Waals surface area contributed by atoms with E-state index in [9.17, 15) is 4.79 Å². The molecule has 0 aliphatic carbocycles. The zero-order valence-electron chi connectivity index (χ0n) is 15.4. The van der Waals surface area contributed by atoms with Crippen LogP contribution in [-0.4, -0.2) is 51.1 Å². The molecule has 0 atom stereocenters. The van der Waals surface area contributed by atoms with Gasteiger partial charge < -0.3 is 20.3 Å². The Morgan fingerprint density at radius 3 is 2.42 bits per heavy atom. The van der Waals surface area contributed by atoms with Crippen LogP contribution in [0.4, 0.5) is 0 Å². The Morgan fingerprint density at radius 1 is 1.21 bits per heavy atom. The van der Waals surface area contributed by atoms with Crippen molar-refractivity contribution in [2.24, 2.45) is 10.9 Å². The maximum atomic E-state index is 11.7. The molecule has 1 amide bonds. The van der Waals surface area contributed by atoms with Crippen LogP contribution in [0.5, 0.6) is 5.75 Å². The van der Waals surface area contributed by atoms with Gasteiger partial charge in [0.25, 0.3) is 0 Å². The molecule has 6 heteroatoms. The van der Waals surface area contributed by atoms with Gasteiger partial charge in [-0.05, 0) is 30.0 Å². The number of nitrogens with one attached hydrogen (secondary N) is 2. The monoisotopic (exact) mass is 334 g/mol. The van der Waals surface area contributed by atoms with Gasteiger partial charge in [-0.1, -0.05) is 26.0 Å². The largest absolute Gasteiger partial charge is 0.497 e. The molecule has 1 aromatic carbocycles. The normalized spacial score (nSPS) is 11.3. The Balaban J connectivity index is 2.64. The highest BCUT2D eigenvalue weighted by Crippen LogP contribution is 2.11. The average Bonchev–Trinajstić information content (AvgIpc) is 2.56. The Kier molecular flexibility index (Phi) is 8.68. The predicted octanol–water partition coefficient (Wildman–Crippen LogP) is 1.86. The van der Waals surface area contributed by atoms with Crippen molar-refractivity contribution in [2.45, 2.75) is 26.8 Å². The number of carbonyl (C=O) groups excluding carboxylic acids is 1. The van der Waals surface area contributed by atoms with E-state index in [-0.39, 0.29) is 12.5 Å². The number of methoxy groups -OCH3 is 1. The van der Waals surface area contributed by atoms with Crippen molar-refractivity contribution in [3.05, 3.63) is 29.8 Å². The Hall–Kier alpha value is -2.24. The van der Waals surface area contributed by atoms with Gasteiger partial charge in [-0.25, -0.2) is 4.99 Å². The Labute approximate surface area is 145 Å². The van der Waals surface area contributed by atoms with E-state index >= 15 is 0 Å². The summed E-state index contributed by atoms with van der Waals surface area (Å²) in [6.07, 6.45) is 1.05. The van der Waals surface area contributed by atoms with Crippen LogP contribution in [0.1, 0.15) is 25.8 Å². The fourth-order valence-electron chi connectivity index (χ4n) is 1.87. The quantitative estimate of drug-likeness (QED) is 0.563. The number of guanidine groups is 1. The highest BCUT2D eigenvalue weighted by atomic mass is 16.5. The van der Waals surface area contributed by atoms with Crippen LogP contribution in [0.2, 0.25) is 0 Å². The fraction of sp³-hybridized carbons (Fsp3) is 0.556. The minimum atomic E-state index is 0.0119. The molecule has 2 N–H and O–H groups in total. The van der Waals surface area contributed by atoms with Crippen LogP contribution in [0.3, 0.4) is 0 Å². The van der Waals surface area contributed by atoms with Crippen LogP contribution < -0.4 is 15.4 Å². The van der Waals surface area contributed by atoms with Gasteiger partial charge in [-0.2, -0.15) is 0 Å². The average molecular weight is 334 g/mol. The second-order valence-electron chi connectivity index (χ2n) is 6.26. The maximum Gasteiger partial charge on any atom is 0.241 e. The zero-order chi connectivity index (χ0) is 17.9. The van der Waals surface area contributed by atoms with Crippen LogP contribution in [0.25, 0.3) is 0 Å². The lowest BCUT2D eigenvalue weighted by molar-refractivity contribution is -0.127. The number of rotatable bonds is 8. The molecule has 0 aliphatic rings. The first-order valence-electron chi connectivity index (χ1n) is 8.27. The molecule has 1 aromatic rings. The van der Waals surface area contributed by atoms with Crippen molar-refractivity contribution in [3.63, 3.8) is 0 Å². The molecule has 0 heterocycles. The minimum absolute atomic E-state index is 0.0119. The second-order valence-corrected chi connectivity index (χ2v) is 6.26. The summed E-state index contributed by atoms with van der Waals surface area (Å²) in [5.41, 5.74) is 1.08.